The van der Waals surface area contributed by atoms with Crippen molar-refractivity contribution < 1.29 is 19.2 Å². The number of benzene rings is 1. The maximum Gasteiger partial charge on any atom is 0.293 e. The molecule has 9 heteroatoms. The molecule has 0 saturated carbocycles. The quantitative estimate of drug-likeness (QED) is 0.468. The number of nitro groups is 1. The molecule has 2 amide bonds. The number of anilines is 1. The van der Waals surface area contributed by atoms with Gasteiger partial charge in [0.2, 0.25) is 0 Å². The number of nitrogens with zero attached hydrogens (tertiary/aromatic N) is 3. The second kappa shape index (κ2) is 6.62. The van der Waals surface area contributed by atoms with E-state index in [0.29, 0.717) is 31.9 Å². The van der Waals surface area contributed by atoms with Gasteiger partial charge in [0.15, 0.2) is 0 Å². The highest BCUT2D eigenvalue weighted by atomic mass is 32.2. The van der Waals surface area contributed by atoms with Gasteiger partial charge in [-0.25, -0.2) is 0 Å². The fourth-order valence-electron chi connectivity index (χ4n) is 2.55. The van der Waals surface area contributed by atoms with Gasteiger partial charge in [-0.2, -0.15) is 0 Å². The molecule has 0 radical (unpaired) electrons. The summed E-state index contributed by atoms with van der Waals surface area (Å²) in [5.74, 6) is -0.399. The van der Waals surface area contributed by atoms with Crippen LogP contribution in [0, 0.1) is 10.1 Å². The molecule has 0 atom stereocenters. The molecular weight excluding hydrogens is 334 g/mol. The lowest BCUT2D eigenvalue weighted by Crippen LogP contribution is -2.36. The predicted octanol–water partition coefficient (Wildman–Crippen LogP) is 2.10. The van der Waals surface area contributed by atoms with E-state index in [2.05, 4.69) is 4.90 Å². The molecular formula is C15H15N3O5S. The first-order chi connectivity index (χ1) is 11.5. The molecule has 2 aliphatic rings. The van der Waals surface area contributed by atoms with Crippen LogP contribution in [0.4, 0.5) is 16.2 Å². The molecule has 2 aliphatic heterocycles. The van der Waals surface area contributed by atoms with E-state index >= 15 is 0 Å². The van der Waals surface area contributed by atoms with Crippen LogP contribution in [0.15, 0.2) is 23.1 Å². The summed E-state index contributed by atoms with van der Waals surface area (Å²) in [6, 6.07) is 4.54. The number of carbonyl (C=O) groups is 2. The fraction of sp³-hybridized carbons (Fsp3) is 0.333. The molecule has 2 saturated heterocycles. The summed E-state index contributed by atoms with van der Waals surface area (Å²) in [5, 5.41) is 10.7. The highest BCUT2D eigenvalue weighted by Gasteiger charge is 2.32. The SMILES string of the molecule is CN1C(=O)S/C(=C\c2cc([N+](=O)[O-])ccc2N2CCOCC2)C1=O. The van der Waals surface area contributed by atoms with Crippen molar-refractivity contribution in [3.8, 4) is 0 Å². The van der Waals surface area contributed by atoms with Crippen LogP contribution in [-0.4, -0.2) is 54.3 Å². The maximum absolute atomic E-state index is 12.1. The number of amides is 2. The molecule has 0 N–H and O–H groups in total. The summed E-state index contributed by atoms with van der Waals surface area (Å²) < 4.78 is 5.33. The van der Waals surface area contributed by atoms with Gasteiger partial charge in [-0.15, -0.1) is 0 Å². The molecule has 2 fully saturated rings. The number of hydrogen-bond donors (Lipinski definition) is 0. The number of ether oxygens (including phenoxy) is 1. The van der Waals surface area contributed by atoms with E-state index in [1.807, 2.05) is 0 Å². The zero-order chi connectivity index (χ0) is 17.3. The predicted molar refractivity (Wildman–Crippen MR) is 89.9 cm³/mol. The van der Waals surface area contributed by atoms with E-state index in [1.54, 1.807) is 12.1 Å². The third-order valence-corrected chi connectivity index (χ3v) is 4.81. The smallest absolute Gasteiger partial charge is 0.293 e. The molecule has 24 heavy (non-hydrogen) atoms. The van der Waals surface area contributed by atoms with Gasteiger partial charge in [0, 0.05) is 43.5 Å². The zero-order valence-electron chi connectivity index (χ0n) is 12.9. The molecule has 126 valence electrons. The van der Waals surface area contributed by atoms with Gasteiger partial charge in [-0.05, 0) is 23.9 Å². The van der Waals surface area contributed by atoms with Gasteiger partial charge in [-0.3, -0.25) is 24.6 Å². The molecule has 0 unspecified atom stereocenters. The minimum atomic E-state index is -0.480. The third kappa shape index (κ3) is 3.13. The number of likely N-dealkylation sites (N-methyl/N-ethyl adjacent to an activating group) is 1. The summed E-state index contributed by atoms with van der Waals surface area (Å²) in [5.41, 5.74) is 1.27. The second-order valence-corrected chi connectivity index (χ2v) is 6.33. The van der Waals surface area contributed by atoms with E-state index in [4.69, 9.17) is 4.74 Å². The van der Waals surface area contributed by atoms with E-state index in [-0.39, 0.29) is 15.8 Å². The number of thioether (sulfide) groups is 1. The molecule has 8 nitrogen and oxygen atoms in total. The number of rotatable bonds is 3. The van der Waals surface area contributed by atoms with Gasteiger partial charge in [0.05, 0.1) is 23.0 Å². The molecule has 2 heterocycles. The van der Waals surface area contributed by atoms with Crippen LogP contribution in [0.2, 0.25) is 0 Å². The fourth-order valence-corrected chi connectivity index (χ4v) is 3.37. The third-order valence-electron chi connectivity index (χ3n) is 3.85. The van der Waals surface area contributed by atoms with Gasteiger partial charge in [0.25, 0.3) is 16.8 Å². The number of nitro benzene ring substituents is 1. The Bertz CT molecular complexity index is 743. The lowest BCUT2D eigenvalue weighted by atomic mass is 10.1. The monoisotopic (exact) mass is 349 g/mol. The molecule has 3 rings (SSSR count). The molecule has 0 bridgehead atoms. The normalized spacial score (nSPS) is 20.1. The standard InChI is InChI=1S/C15H15N3O5S/c1-16-14(19)13(24-15(16)20)9-10-8-11(18(21)22)2-3-12(10)17-4-6-23-7-5-17/h2-3,8-9H,4-7H2,1H3/b13-9-. The summed E-state index contributed by atoms with van der Waals surface area (Å²) in [4.78, 5) is 37.6. The van der Waals surface area contributed by atoms with Crippen LogP contribution in [0.1, 0.15) is 5.56 Å². The molecule has 0 aliphatic carbocycles. The van der Waals surface area contributed by atoms with Gasteiger partial charge >= 0.3 is 0 Å². The second-order valence-electron chi connectivity index (χ2n) is 5.34. The average Bonchev–Trinajstić information content (AvgIpc) is 2.82. The maximum atomic E-state index is 12.1. The van der Waals surface area contributed by atoms with Gasteiger partial charge < -0.3 is 9.64 Å². The Morgan fingerprint density at radius 2 is 2.00 bits per heavy atom. The van der Waals surface area contributed by atoms with E-state index in [0.717, 1.165) is 22.3 Å². The number of carbonyl (C=O) groups excluding carboxylic acids is 2. The lowest BCUT2D eigenvalue weighted by Gasteiger charge is -2.30. The lowest BCUT2D eigenvalue weighted by molar-refractivity contribution is -0.384. The van der Waals surface area contributed by atoms with Crippen LogP contribution >= 0.6 is 11.8 Å². The Kier molecular flexibility index (Phi) is 4.54. The van der Waals surface area contributed by atoms with Crippen molar-refractivity contribution in [2.75, 3.05) is 38.3 Å². The van der Waals surface area contributed by atoms with E-state index < -0.39 is 10.8 Å². The highest BCUT2D eigenvalue weighted by molar-refractivity contribution is 8.18. The van der Waals surface area contributed by atoms with Crippen LogP contribution in [-0.2, 0) is 9.53 Å². The average molecular weight is 349 g/mol. The Balaban J connectivity index is 2.03. The van der Waals surface area contributed by atoms with Crippen molar-refractivity contribution >= 4 is 40.4 Å². The zero-order valence-corrected chi connectivity index (χ0v) is 13.7. The Hall–Kier alpha value is -2.39. The Labute approximate surface area is 142 Å². The Morgan fingerprint density at radius 3 is 2.58 bits per heavy atom. The van der Waals surface area contributed by atoms with Crippen molar-refractivity contribution in [3.05, 3.63) is 38.8 Å². The number of hydrogen-bond acceptors (Lipinski definition) is 7. The summed E-state index contributed by atoms with van der Waals surface area (Å²) in [6.07, 6.45) is 1.55. The molecule has 1 aromatic rings. The van der Waals surface area contributed by atoms with Crippen molar-refractivity contribution in [1.82, 2.24) is 4.90 Å². The van der Waals surface area contributed by atoms with E-state index in [1.165, 1.54) is 19.2 Å². The summed E-state index contributed by atoms with van der Waals surface area (Å²) in [7, 11) is 1.41. The highest BCUT2D eigenvalue weighted by Crippen LogP contribution is 2.34. The van der Waals surface area contributed by atoms with Crippen molar-refractivity contribution in [1.29, 1.82) is 0 Å². The molecule has 1 aromatic carbocycles. The first kappa shape index (κ1) is 16.5. The number of non-ortho nitro benzene ring substituents is 1. The topological polar surface area (TPSA) is 93.0 Å². The van der Waals surface area contributed by atoms with Crippen LogP contribution in [0.5, 0.6) is 0 Å². The summed E-state index contributed by atoms with van der Waals surface area (Å²) >= 11 is 0.832. The number of morpholine rings is 1. The van der Waals surface area contributed by atoms with Crippen molar-refractivity contribution in [2.24, 2.45) is 0 Å². The molecule has 0 spiro atoms. The first-order valence-corrected chi connectivity index (χ1v) is 8.11. The molecule has 0 aromatic heterocycles. The van der Waals surface area contributed by atoms with E-state index in [9.17, 15) is 19.7 Å². The largest absolute Gasteiger partial charge is 0.378 e. The van der Waals surface area contributed by atoms with Gasteiger partial charge in [-0.1, -0.05) is 0 Å². The van der Waals surface area contributed by atoms with Crippen LogP contribution in [0.3, 0.4) is 0 Å². The van der Waals surface area contributed by atoms with Crippen molar-refractivity contribution in [2.45, 2.75) is 0 Å². The minimum absolute atomic E-state index is 0.0611. The minimum Gasteiger partial charge on any atom is -0.378 e. The van der Waals surface area contributed by atoms with Crippen LogP contribution < -0.4 is 4.90 Å². The van der Waals surface area contributed by atoms with Gasteiger partial charge in [0.1, 0.15) is 0 Å². The first-order valence-electron chi connectivity index (χ1n) is 7.30. The Morgan fingerprint density at radius 1 is 1.29 bits per heavy atom. The van der Waals surface area contributed by atoms with Crippen molar-refractivity contribution in [3.63, 3.8) is 0 Å². The summed E-state index contributed by atoms with van der Waals surface area (Å²) in [6.45, 7) is 2.46. The van der Waals surface area contributed by atoms with Crippen LogP contribution in [0.25, 0.3) is 6.08 Å². The number of imide groups is 1.